The summed E-state index contributed by atoms with van der Waals surface area (Å²) in [6.45, 7) is 15.1. The van der Waals surface area contributed by atoms with Crippen LogP contribution in [0, 0.1) is 56.7 Å². The van der Waals surface area contributed by atoms with E-state index in [0.717, 1.165) is 17.8 Å². The highest BCUT2D eigenvalue weighted by molar-refractivity contribution is 5.67. The van der Waals surface area contributed by atoms with Crippen LogP contribution in [0.25, 0.3) is 0 Å². The van der Waals surface area contributed by atoms with Crippen molar-refractivity contribution in [2.75, 3.05) is 0 Å². The molecule has 1 N–H and O–H groups in total. The van der Waals surface area contributed by atoms with Crippen LogP contribution in [0.2, 0.25) is 0 Å². The molecule has 0 aromatic rings. The molecule has 164 valence electrons. The molecule has 9 atom stereocenters. The molecular formula is C27H44O2. The summed E-state index contributed by atoms with van der Waals surface area (Å²) in [6, 6.07) is 0. The van der Waals surface area contributed by atoms with Crippen molar-refractivity contribution in [3.63, 3.8) is 0 Å². The van der Waals surface area contributed by atoms with Gasteiger partial charge < -0.3 is 5.11 Å². The molecule has 0 saturated heterocycles. The quantitative estimate of drug-likeness (QED) is 0.545. The number of carboxylic acid groups (broad SMARTS) is 1. The summed E-state index contributed by atoms with van der Waals surface area (Å²) >= 11 is 0. The van der Waals surface area contributed by atoms with Crippen molar-refractivity contribution in [2.24, 2.45) is 56.7 Å². The Morgan fingerprint density at radius 1 is 0.897 bits per heavy atom. The van der Waals surface area contributed by atoms with Crippen LogP contribution in [0.3, 0.4) is 0 Å². The summed E-state index contributed by atoms with van der Waals surface area (Å²) in [4.78, 5) is 11.4. The molecule has 0 radical (unpaired) electrons. The van der Waals surface area contributed by atoms with Crippen molar-refractivity contribution in [3.05, 3.63) is 0 Å². The lowest BCUT2D eigenvalue weighted by Gasteiger charge is -2.63. The Kier molecular flexibility index (Phi) is 4.09. The van der Waals surface area contributed by atoms with E-state index in [1.807, 2.05) is 0 Å². The molecule has 5 saturated carbocycles. The Bertz CT molecular complexity index is 726. The predicted octanol–water partition coefficient (Wildman–Crippen LogP) is 7.17. The SMILES string of the molecule is C[C@H](CC(=O)O)C1CC[C@@]2(C)C3CCC4C(C)(C)[C@@H](C)CC[C@@]45C[C@@]35CC[C@]12C. The third-order valence-corrected chi connectivity index (χ3v) is 12.9. The molecule has 0 aromatic carbocycles. The first kappa shape index (κ1) is 20.4. The minimum Gasteiger partial charge on any atom is -0.481 e. The van der Waals surface area contributed by atoms with Crippen LogP contribution >= 0.6 is 0 Å². The lowest BCUT2D eigenvalue weighted by Crippen LogP contribution is -2.56. The van der Waals surface area contributed by atoms with Gasteiger partial charge in [0.2, 0.25) is 0 Å². The monoisotopic (exact) mass is 400 g/mol. The number of rotatable bonds is 3. The summed E-state index contributed by atoms with van der Waals surface area (Å²) in [5, 5.41) is 9.42. The Morgan fingerprint density at radius 3 is 2.24 bits per heavy atom. The number of carboxylic acids is 1. The highest BCUT2D eigenvalue weighted by Gasteiger charge is 2.81. The number of hydrogen-bond acceptors (Lipinski definition) is 1. The van der Waals surface area contributed by atoms with Gasteiger partial charge in [0.15, 0.2) is 0 Å². The Balaban J connectivity index is 1.48. The molecule has 5 fully saturated rings. The van der Waals surface area contributed by atoms with E-state index in [1.165, 1.54) is 57.8 Å². The maximum absolute atomic E-state index is 11.4. The van der Waals surface area contributed by atoms with Gasteiger partial charge in [0.25, 0.3) is 0 Å². The van der Waals surface area contributed by atoms with Crippen molar-refractivity contribution in [1.29, 1.82) is 0 Å². The van der Waals surface area contributed by atoms with Crippen LogP contribution in [0.1, 0.15) is 106 Å². The first-order valence-corrected chi connectivity index (χ1v) is 12.7. The van der Waals surface area contributed by atoms with Crippen molar-refractivity contribution in [3.8, 4) is 0 Å². The first-order valence-electron chi connectivity index (χ1n) is 12.7. The lowest BCUT2D eigenvalue weighted by molar-refractivity contribution is -0.152. The zero-order valence-electron chi connectivity index (χ0n) is 19.8. The minimum atomic E-state index is -0.609. The summed E-state index contributed by atoms with van der Waals surface area (Å²) < 4.78 is 0. The molecular weight excluding hydrogens is 356 g/mol. The van der Waals surface area contributed by atoms with E-state index in [0.29, 0.717) is 45.3 Å². The maximum atomic E-state index is 11.4. The molecule has 2 heteroatoms. The van der Waals surface area contributed by atoms with Gasteiger partial charge in [-0.3, -0.25) is 4.79 Å². The number of fused-ring (bicyclic) bond motifs is 2. The second-order valence-electron chi connectivity index (χ2n) is 13.5. The van der Waals surface area contributed by atoms with E-state index in [1.54, 1.807) is 0 Å². The minimum absolute atomic E-state index is 0.312. The van der Waals surface area contributed by atoms with E-state index < -0.39 is 5.97 Å². The molecule has 0 amide bonds. The zero-order valence-corrected chi connectivity index (χ0v) is 19.8. The summed E-state index contributed by atoms with van der Waals surface area (Å²) in [5.41, 5.74) is 2.55. The third-order valence-electron chi connectivity index (χ3n) is 12.9. The zero-order chi connectivity index (χ0) is 21.0. The van der Waals surface area contributed by atoms with Gasteiger partial charge in [-0.15, -0.1) is 0 Å². The molecule has 0 aromatic heterocycles. The average molecular weight is 401 g/mol. The van der Waals surface area contributed by atoms with Crippen LogP contribution < -0.4 is 0 Å². The molecule has 0 aliphatic heterocycles. The fourth-order valence-corrected chi connectivity index (χ4v) is 10.9. The Labute approximate surface area is 178 Å². The van der Waals surface area contributed by atoms with E-state index in [4.69, 9.17) is 0 Å². The van der Waals surface area contributed by atoms with Crippen LogP contribution in [0.5, 0.6) is 0 Å². The maximum Gasteiger partial charge on any atom is 0.303 e. The van der Waals surface area contributed by atoms with Gasteiger partial charge in [0.05, 0.1) is 0 Å². The Morgan fingerprint density at radius 2 is 1.55 bits per heavy atom. The van der Waals surface area contributed by atoms with Gasteiger partial charge in [0.1, 0.15) is 0 Å². The number of hydrogen-bond donors (Lipinski definition) is 1. The molecule has 5 rings (SSSR count). The molecule has 2 nitrogen and oxygen atoms in total. The second-order valence-corrected chi connectivity index (χ2v) is 13.5. The molecule has 29 heavy (non-hydrogen) atoms. The van der Waals surface area contributed by atoms with Crippen LogP contribution in [0.4, 0.5) is 0 Å². The van der Waals surface area contributed by atoms with Crippen LogP contribution in [-0.4, -0.2) is 11.1 Å². The fraction of sp³-hybridized carbons (Fsp3) is 0.963. The van der Waals surface area contributed by atoms with Crippen molar-refractivity contribution in [2.45, 2.75) is 106 Å². The van der Waals surface area contributed by atoms with Gasteiger partial charge >= 0.3 is 5.97 Å². The number of carbonyl (C=O) groups is 1. The average Bonchev–Trinajstić information content (AvgIpc) is 3.21. The molecule has 5 aliphatic carbocycles. The van der Waals surface area contributed by atoms with E-state index >= 15 is 0 Å². The normalized spacial score (nSPS) is 55.8. The smallest absolute Gasteiger partial charge is 0.303 e. The first-order chi connectivity index (χ1) is 13.4. The summed E-state index contributed by atoms with van der Waals surface area (Å²) in [7, 11) is 0. The summed E-state index contributed by atoms with van der Waals surface area (Å²) in [5.74, 6) is 2.98. The van der Waals surface area contributed by atoms with Crippen molar-refractivity contribution >= 4 is 5.97 Å². The van der Waals surface area contributed by atoms with Crippen molar-refractivity contribution < 1.29 is 9.90 Å². The largest absolute Gasteiger partial charge is 0.481 e. The van der Waals surface area contributed by atoms with Crippen LogP contribution in [0.15, 0.2) is 0 Å². The molecule has 3 unspecified atom stereocenters. The Hall–Kier alpha value is -0.530. The molecule has 0 heterocycles. The van der Waals surface area contributed by atoms with Gasteiger partial charge in [-0.25, -0.2) is 0 Å². The highest BCUT2D eigenvalue weighted by atomic mass is 16.4. The van der Waals surface area contributed by atoms with Crippen molar-refractivity contribution in [1.82, 2.24) is 0 Å². The second kappa shape index (κ2) is 5.83. The lowest BCUT2D eigenvalue weighted by atomic mass is 9.41. The summed E-state index contributed by atoms with van der Waals surface area (Å²) in [6.07, 6.45) is 13.1. The fourth-order valence-electron chi connectivity index (χ4n) is 10.9. The van der Waals surface area contributed by atoms with Crippen LogP contribution in [-0.2, 0) is 4.79 Å². The molecule has 2 spiro atoms. The predicted molar refractivity (Wildman–Crippen MR) is 117 cm³/mol. The third kappa shape index (κ3) is 2.23. The van der Waals surface area contributed by atoms with Gasteiger partial charge in [-0.1, -0.05) is 41.5 Å². The number of aliphatic carboxylic acids is 1. The van der Waals surface area contributed by atoms with E-state index in [9.17, 15) is 9.90 Å². The van der Waals surface area contributed by atoms with Gasteiger partial charge in [0, 0.05) is 6.42 Å². The van der Waals surface area contributed by atoms with Gasteiger partial charge in [-0.05, 0) is 114 Å². The van der Waals surface area contributed by atoms with Gasteiger partial charge in [-0.2, -0.15) is 0 Å². The highest BCUT2D eigenvalue weighted by Crippen LogP contribution is 2.89. The van der Waals surface area contributed by atoms with E-state index in [-0.39, 0.29) is 0 Å². The standard InChI is InChI=1S/C27H44O2/c1-17(15-22(28)29)19-10-11-25(6)21-8-7-20-23(3,4)18(2)9-12-26(20)16-27(21,26)14-13-24(19,25)5/h17-21H,7-16H2,1-6H3,(H,28,29)/t17-,18+,19?,20?,21?,24-,25+,26-,27+/m1/s1. The topological polar surface area (TPSA) is 37.3 Å². The molecule has 5 aliphatic rings. The molecule has 0 bridgehead atoms. The van der Waals surface area contributed by atoms with E-state index in [2.05, 4.69) is 41.5 Å².